The zero-order valence-corrected chi connectivity index (χ0v) is 20.1. The van der Waals surface area contributed by atoms with Crippen LogP contribution in [0, 0.1) is 25.1 Å². The Hall–Kier alpha value is -2.60. The van der Waals surface area contributed by atoms with Crippen molar-refractivity contribution < 1.29 is 9.18 Å². The van der Waals surface area contributed by atoms with Gasteiger partial charge in [0.25, 0.3) is 5.91 Å². The molecule has 1 spiro atoms. The second-order valence-electron chi connectivity index (χ2n) is 9.69. The molecule has 2 aromatic heterocycles. The van der Waals surface area contributed by atoms with Crippen molar-refractivity contribution in [2.24, 2.45) is 5.41 Å². The van der Waals surface area contributed by atoms with E-state index in [2.05, 4.69) is 27.0 Å². The van der Waals surface area contributed by atoms with Gasteiger partial charge in [-0.15, -0.1) is 11.3 Å². The highest BCUT2D eigenvalue weighted by Crippen LogP contribution is 2.51. The van der Waals surface area contributed by atoms with E-state index in [0.29, 0.717) is 11.1 Å². The third-order valence-corrected chi connectivity index (χ3v) is 8.41. The van der Waals surface area contributed by atoms with E-state index in [1.165, 1.54) is 42.7 Å². The molecular weight excluding hydrogens is 433 g/mol. The number of aryl methyl sites for hydroxylation is 3. The molecule has 1 amide bonds. The summed E-state index contributed by atoms with van der Waals surface area (Å²) in [6, 6.07) is 12.7. The summed E-state index contributed by atoms with van der Waals surface area (Å²) in [4.78, 5) is 26.1. The van der Waals surface area contributed by atoms with Crippen LogP contribution in [0.25, 0.3) is 10.4 Å². The molecule has 4 nitrogen and oxygen atoms in total. The molecule has 1 atom stereocenters. The molecule has 2 fully saturated rings. The number of piperidine rings is 1. The molecule has 1 unspecified atom stereocenters. The average Bonchev–Trinajstić information content (AvgIpc) is 3.18. The predicted octanol–water partition coefficient (Wildman–Crippen LogP) is 6.37. The Labute approximate surface area is 198 Å². The maximum absolute atomic E-state index is 13.8. The van der Waals surface area contributed by atoms with Crippen LogP contribution in [0.4, 0.5) is 4.39 Å². The summed E-state index contributed by atoms with van der Waals surface area (Å²) in [6.45, 7) is 4.73. The summed E-state index contributed by atoms with van der Waals surface area (Å²) in [5.74, 6) is -0.269. The summed E-state index contributed by atoms with van der Waals surface area (Å²) in [5.41, 5.74) is 3.89. The molecule has 6 heteroatoms. The SMILES string of the molecule is Cc1cccc(CCC2CC3(CCC3)CCN2C(=O)c2nc(C)sc2-c2ccc(F)cc2)n1. The van der Waals surface area contributed by atoms with Gasteiger partial charge in [-0.05, 0) is 87.6 Å². The highest BCUT2D eigenvalue weighted by atomic mass is 32.1. The zero-order chi connectivity index (χ0) is 23.0. The third-order valence-electron chi connectivity index (χ3n) is 7.39. The summed E-state index contributed by atoms with van der Waals surface area (Å²) in [7, 11) is 0. The summed E-state index contributed by atoms with van der Waals surface area (Å²) in [5, 5.41) is 0.852. The molecule has 33 heavy (non-hydrogen) atoms. The van der Waals surface area contributed by atoms with E-state index in [0.717, 1.165) is 59.1 Å². The zero-order valence-electron chi connectivity index (χ0n) is 19.3. The highest BCUT2D eigenvalue weighted by Gasteiger charge is 2.45. The number of benzene rings is 1. The minimum atomic E-state index is -0.278. The van der Waals surface area contributed by atoms with E-state index in [4.69, 9.17) is 0 Å². The van der Waals surface area contributed by atoms with Crippen molar-refractivity contribution in [1.29, 1.82) is 0 Å². The van der Waals surface area contributed by atoms with Gasteiger partial charge in [0.15, 0.2) is 0 Å². The van der Waals surface area contributed by atoms with E-state index in [1.807, 2.05) is 19.9 Å². The topological polar surface area (TPSA) is 46.1 Å². The van der Waals surface area contributed by atoms with Gasteiger partial charge in [-0.2, -0.15) is 0 Å². The van der Waals surface area contributed by atoms with Crippen molar-refractivity contribution in [3.63, 3.8) is 0 Å². The van der Waals surface area contributed by atoms with Crippen LogP contribution < -0.4 is 0 Å². The molecule has 5 rings (SSSR count). The van der Waals surface area contributed by atoms with E-state index < -0.39 is 0 Å². The van der Waals surface area contributed by atoms with Gasteiger partial charge in [0.05, 0.1) is 9.88 Å². The first-order chi connectivity index (χ1) is 15.9. The fourth-order valence-electron chi connectivity index (χ4n) is 5.47. The van der Waals surface area contributed by atoms with Crippen LogP contribution in [0.2, 0.25) is 0 Å². The van der Waals surface area contributed by atoms with Gasteiger partial charge in [-0.3, -0.25) is 9.78 Å². The standard InChI is InChI=1S/C27H30FN3OS/c1-18-5-3-6-22(29-18)11-12-23-17-27(13-4-14-27)15-16-31(23)26(32)24-25(33-19(2)30-24)20-7-9-21(28)10-8-20/h3,5-10,23H,4,11-17H2,1-2H3. The van der Waals surface area contributed by atoms with E-state index >= 15 is 0 Å². The number of hydrogen-bond donors (Lipinski definition) is 0. The van der Waals surface area contributed by atoms with Crippen LogP contribution in [-0.2, 0) is 6.42 Å². The second-order valence-corrected chi connectivity index (χ2v) is 10.9. The number of carbonyl (C=O) groups is 1. The Kier molecular flexibility index (Phi) is 6.04. The number of rotatable bonds is 5. The first-order valence-electron chi connectivity index (χ1n) is 11.9. The molecule has 1 saturated carbocycles. The largest absolute Gasteiger partial charge is 0.334 e. The van der Waals surface area contributed by atoms with Crippen LogP contribution in [0.1, 0.15) is 65.4 Å². The van der Waals surface area contributed by atoms with Crippen molar-refractivity contribution in [3.05, 3.63) is 70.4 Å². The van der Waals surface area contributed by atoms with E-state index in [1.54, 1.807) is 12.1 Å². The molecule has 1 saturated heterocycles. The molecule has 1 aromatic carbocycles. The van der Waals surface area contributed by atoms with Gasteiger partial charge in [0.1, 0.15) is 11.5 Å². The van der Waals surface area contributed by atoms with Crippen molar-refractivity contribution in [2.75, 3.05) is 6.54 Å². The Balaban J connectivity index is 1.41. The van der Waals surface area contributed by atoms with Crippen LogP contribution in [0.5, 0.6) is 0 Å². The Bertz CT molecular complexity index is 1150. The smallest absolute Gasteiger partial charge is 0.274 e. The van der Waals surface area contributed by atoms with E-state index in [9.17, 15) is 9.18 Å². The number of aromatic nitrogens is 2. The van der Waals surface area contributed by atoms with Gasteiger partial charge in [0.2, 0.25) is 0 Å². The van der Waals surface area contributed by atoms with Crippen LogP contribution in [-0.4, -0.2) is 33.4 Å². The normalized spacial score (nSPS) is 19.5. The molecule has 172 valence electrons. The number of likely N-dealkylation sites (tertiary alicyclic amines) is 1. The van der Waals surface area contributed by atoms with Crippen molar-refractivity contribution in [2.45, 2.75) is 64.8 Å². The number of hydrogen-bond acceptors (Lipinski definition) is 4. The summed E-state index contributed by atoms with van der Waals surface area (Å²) >= 11 is 1.50. The van der Waals surface area contributed by atoms with Crippen molar-refractivity contribution in [1.82, 2.24) is 14.9 Å². The number of nitrogens with zero attached hydrogens (tertiary/aromatic N) is 3. The molecule has 1 aliphatic carbocycles. The Morgan fingerprint density at radius 1 is 1.12 bits per heavy atom. The maximum Gasteiger partial charge on any atom is 0.274 e. The van der Waals surface area contributed by atoms with Crippen molar-refractivity contribution >= 4 is 17.2 Å². The summed E-state index contributed by atoms with van der Waals surface area (Å²) < 4.78 is 13.5. The number of pyridine rings is 1. The third kappa shape index (κ3) is 4.58. The molecule has 0 N–H and O–H groups in total. The molecule has 0 bridgehead atoms. The Morgan fingerprint density at radius 3 is 2.61 bits per heavy atom. The maximum atomic E-state index is 13.8. The monoisotopic (exact) mass is 463 g/mol. The predicted molar refractivity (Wildman–Crippen MR) is 130 cm³/mol. The van der Waals surface area contributed by atoms with Gasteiger partial charge < -0.3 is 4.90 Å². The minimum absolute atomic E-state index is 0.00931. The van der Waals surface area contributed by atoms with Gasteiger partial charge in [-0.25, -0.2) is 9.37 Å². The van der Waals surface area contributed by atoms with Crippen LogP contribution >= 0.6 is 11.3 Å². The Morgan fingerprint density at radius 2 is 1.91 bits per heavy atom. The van der Waals surface area contributed by atoms with Crippen LogP contribution in [0.3, 0.4) is 0 Å². The first kappa shape index (κ1) is 22.2. The lowest BCUT2D eigenvalue weighted by Crippen LogP contribution is -2.52. The van der Waals surface area contributed by atoms with Crippen molar-refractivity contribution in [3.8, 4) is 10.4 Å². The lowest BCUT2D eigenvalue weighted by atomic mass is 9.61. The van der Waals surface area contributed by atoms with Gasteiger partial charge in [0, 0.05) is 24.0 Å². The molecule has 2 aliphatic rings. The number of carbonyl (C=O) groups excluding carboxylic acids is 1. The van der Waals surface area contributed by atoms with Gasteiger partial charge >= 0.3 is 0 Å². The first-order valence-corrected chi connectivity index (χ1v) is 12.7. The number of amides is 1. The molecular formula is C27H30FN3OS. The molecule has 3 aromatic rings. The van der Waals surface area contributed by atoms with Gasteiger partial charge in [-0.1, -0.05) is 24.6 Å². The lowest BCUT2D eigenvalue weighted by Gasteiger charge is -2.51. The van der Waals surface area contributed by atoms with E-state index in [-0.39, 0.29) is 17.8 Å². The van der Waals surface area contributed by atoms with Crippen LogP contribution in [0.15, 0.2) is 42.5 Å². The lowest BCUT2D eigenvalue weighted by molar-refractivity contribution is -0.00240. The minimum Gasteiger partial charge on any atom is -0.334 e. The second kappa shape index (κ2) is 8.98. The molecule has 0 radical (unpaired) electrons. The fourth-order valence-corrected chi connectivity index (χ4v) is 6.38. The highest BCUT2D eigenvalue weighted by molar-refractivity contribution is 7.15. The fraction of sp³-hybridized carbons (Fsp3) is 0.444. The quantitative estimate of drug-likeness (QED) is 0.442. The molecule has 1 aliphatic heterocycles. The number of halogens is 1. The summed E-state index contributed by atoms with van der Waals surface area (Å²) in [6.07, 6.45) is 7.80. The molecule has 3 heterocycles. The average molecular weight is 464 g/mol. The number of thiazole rings is 1.